The van der Waals surface area contributed by atoms with Gasteiger partial charge in [0.1, 0.15) is 5.75 Å². The van der Waals surface area contributed by atoms with E-state index in [-0.39, 0.29) is 38.7 Å². The molecule has 0 heterocycles. The Morgan fingerprint density at radius 1 is 0.931 bits per heavy atom. The average Bonchev–Trinajstić information content (AvgIpc) is 2.59. The largest absolute Gasteiger partial charge is 1.00 e. The van der Waals surface area contributed by atoms with E-state index in [1.807, 2.05) is 13.8 Å². The molecule has 152 valence electrons. The van der Waals surface area contributed by atoms with Crippen LogP contribution in [0.3, 0.4) is 0 Å². The Kier molecular flexibility index (Phi) is 8.83. The second kappa shape index (κ2) is 10.0. The molecule has 0 N–H and O–H groups in total. The zero-order valence-corrected chi connectivity index (χ0v) is 16.8. The van der Waals surface area contributed by atoms with Crippen molar-refractivity contribution >= 4 is 19.4 Å². The minimum Gasteiger partial charge on any atom is -0.493 e. The minimum absolute atomic E-state index is 0. The van der Waals surface area contributed by atoms with Crippen LogP contribution in [0.2, 0.25) is 0 Å². The Morgan fingerprint density at radius 2 is 1.41 bits per heavy atom. The number of carbonyl (C=O) groups is 1. The quantitative estimate of drug-likeness (QED) is 0.402. The van der Waals surface area contributed by atoms with E-state index in [4.69, 9.17) is 4.74 Å². The molecule has 2 aromatic carbocycles. The molecule has 0 bridgehead atoms. The molecule has 0 saturated carbocycles. The van der Waals surface area contributed by atoms with Gasteiger partial charge in [-0.25, -0.2) is 0 Å². The van der Waals surface area contributed by atoms with Crippen LogP contribution in [0.5, 0.6) is 5.75 Å². The van der Waals surface area contributed by atoms with Crippen molar-refractivity contribution in [3.8, 4) is 5.75 Å². The predicted molar refractivity (Wildman–Crippen MR) is 94.1 cm³/mol. The number of benzene rings is 2. The first kappa shape index (κ1) is 25.6. The molecule has 0 unspecified atom stereocenters. The summed E-state index contributed by atoms with van der Waals surface area (Å²) in [6.07, 6.45) is -10.2. The van der Waals surface area contributed by atoms with Gasteiger partial charge in [-0.15, -0.1) is 0 Å². The zero-order chi connectivity index (χ0) is 21.1. The smallest absolute Gasteiger partial charge is 0.493 e. The van der Waals surface area contributed by atoms with Crippen molar-refractivity contribution in [1.82, 2.24) is 0 Å². The number of hydrogen-bond acceptors (Lipinski definition) is 2. The molecule has 0 fully saturated rings. The molecule has 0 spiro atoms. The molecule has 29 heavy (non-hydrogen) atoms. The Balaban J connectivity index is 0.00000420. The van der Waals surface area contributed by atoms with Gasteiger partial charge in [-0.05, 0) is 30.2 Å². The molecule has 0 aliphatic carbocycles. The summed E-state index contributed by atoms with van der Waals surface area (Å²) in [6.45, 7) is 4.34. The fourth-order valence-electron chi connectivity index (χ4n) is 2.31. The maximum atomic E-state index is 13.2. The molecule has 2 aromatic rings. The molecule has 2 nitrogen and oxygen atoms in total. The van der Waals surface area contributed by atoms with Crippen molar-refractivity contribution in [3.05, 3.63) is 59.2 Å². The van der Waals surface area contributed by atoms with Gasteiger partial charge in [0.05, 0.1) is 17.7 Å². The number of ether oxygens (including phenoxy) is 1. The zero-order valence-electron chi connectivity index (χ0n) is 15.9. The van der Waals surface area contributed by atoms with Crippen molar-refractivity contribution < 1.29 is 54.7 Å². The van der Waals surface area contributed by atoms with Crippen LogP contribution in [-0.2, 0) is 12.4 Å². The third-order valence-corrected chi connectivity index (χ3v) is 4.52. The summed E-state index contributed by atoms with van der Waals surface area (Å²) in [7, 11) is -0.299. The third-order valence-electron chi connectivity index (χ3n) is 3.54. The summed E-state index contributed by atoms with van der Waals surface area (Å²) in [4.78, 5) is 12.4. The van der Waals surface area contributed by atoms with Gasteiger partial charge in [0, 0.05) is 11.1 Å². The van der Waals surface area contributed by atoms with E-state index in [1.54, 1.807) is 0 Å². The van der Waals surface area contributed by atoms with Gasteiger partial charge in [-0.1, -0.05) is 32.0 Å². The van der Waals surface area contributed by atoms with E-state index in [0.717, 1.165) is 0 Å². The Morgan fingerprint density at radius 3 is 1.83 bits per heavy atom. The van der Waals surface area contributed by atoms with E-state index in [1.165, 1.54) is 24.3 Å². The molecular formula is C19H16F6LiO2P. The second-order valence-corrected chi connectivity index (χ2v) is 7.49. The Labute approximate surface area is 178 Å². The molecule has 0 amide bonds. The number of carbonyl (C=O) groups excluding carboxylic acids is 1. The molecule has 0 saturated heterocycles. The first-order valence-electron chi connectivity index (χ1n) is 8.16. The third kappa shape index (κ3) is 7.06. The monoisotopic (exact) mass is 428 g/mol. The fourth-order valence-corrected chi connectivity index (χ4v) is 3.19. The van der Waals surface area contributed by atoms with Gasteiger partial charge in [-0.2, -0.15) is 31.6 Å². The average molecular weight is 428 g/mol. The molecule has 10 heteroatoms. The van der Waals surface area contributed by atoms with E-state index in [9.17, 15) is 31.1 Å². The summed E-state index contributed by atoms with van der Waals surface area (Å²) in [5, 5.41) is 0.256. The van der Waals surface area contributed by atoms with Crippen LogP contribution >= 0.6 is 8.58 Å². The van der Waals surface area contributed by atoms with Crippen LogP contribution in [0.15, 0.2) is 42.5 Å². The molecular weight excluding hydrogens is 412 g/mol. The Hall–Kier alpha value is -1.48. The summed E-state index contributed by atoms with van der Waals surface area (Å²) in [5.41, 5.74) is -5.85. The first-order valence-corrected chi connectivity index (χ1v) is 9.05. The summed E-state index contributed by atoms with van der Waals surface area (Å²) in [5.74, 6) is 0.769. The minimum atomic E-state index is -5.09. The molecule has 0 radical (unpaired) electrons. The van der Waals surface area contributed by atoms with Crippen LogP contribution in [0.1, 0.15) is 35.3 Å². The molecule has 0 atom stereocenters. The number of rotatable bonds is 6. The van der Waals surface area contributed by atoms with Crippen LogP contribution < -0.4 is 28.9 Å². The topological polar surface area (TPSA) is 26.3 Å². The van der Waals surface area contributed by atoms with Crippen molar-refractivity contribution in [3.63, 3.8) is 0 Å². The van der Waals surface area contributed by atoms with Crippen LogP contribution in [0.25, 0.3) is 0 Å². The predicted octanol–water partition coefficient (Wildman–Crippen LogP) is 3.17. The summed E-state index contributed by atoms with van der Waals surface area (Å²) >= 11 is 0. The van der Waals surface area contributed by atoms with Gasteiger partial charge in [0.15, 0.2) is 0 Å². The van der Waals surface area contributed by atoms with Crippen molar-refractivity contribution in [2.75, 3.05) is 6.61 Å². The molecule has 0 aliphatic rings. The number of alkyl halides is 6. The Bertz CT molecular complexity index is 800. The van der Waals surface area contributed by atoms with E-state index in [2.05, 4.69) is 0 Å². The van der Waals surface area contributed by atoms with Gasteiger partial charge in [0.2, 0.25) is 0 Å². The van der Waals surface area contributed by atoms with Gasteiger partial charge in [0.25, 0.3) is 0 Å². The number of hydrogen-bond donors (Lipinski definition) is 0. The maximum Gasteiger partial charge on any atom is 1.00 e. The maximum absolute atomic E-state index is 13.2. The summed E-state index contributed by atoms with van der Waals surface area (Å²) in [6, 6.07) is 7.47. The van der Waals surface area contributed by atoms with E-state index in [0.29, 0.717) is 30.6 Å². The van der Waals surface area contributed by atoms with Crippen molar-refractivity contribution in [2.24, 2.45) is 5.92 Å². The van der Waals surface area contributed by atoms with Crippen LogP contribution in [-0.4, -0.2) is 12.1 Å². The molecule has 0 aromatic heterocycles. The molecule has 0 aliphatic heterocycles. The molecule has 2 rings (SSSR count). The second-order valence-electron chi connectivity index (χ2n) is 6.34. The SMILES string of the molecule is CC(C)COc1ccc([P-]C(=O)c2c(C(F)(F)F)cccc2C(F)(F)F)cc1.[Li+]. The standard InChI is InChI=1S/C19H16F6O2P.Li/c1-11(2)10-27-12-6-8-13(9-7-12)28-17(26)16-14(18(20,21)22)4-3-5-15(16)19(23,24)25;/h3-9,11H,10H2,1-2H3;/q-1;+1. The summed E-state index contributed by atoms with van der Waals surface area (Å²) < 4.78 is 84.5. The normalized spacial score (nSPS) is 12.3. The van der Waals surface area contributed by atoms with Gasteiger partial charge in [-0.3, -0.25) is 0 Å². The van der Waals surface area contributed by atoms with Crippen LogP contribution in [0.4, 0.5) is 26.3 Å². The van der Waals surface area contributed by atoms with Crippen molar-refractivity contribution in [1.29, 1.82) is 0 Å². The number of halogens is 6. The van der Waals surface area contributed by atoms with E-state index < -0.39 is 34.6 Å². The van der Waals surface area contributed by atoms with Gasteiger partial charge < -0.3 is 18.1 Å². The van der Waals surface area contributed by atoms with Gasteiger partial charge >= 0.3 is 31.2 Å². The van der Waals surface area contributed by atoms with Crippen molar-refractivity contribution in [2.45, 2.75) is 26.2 Å². The van der Waals surface area contributed by atoms with E-state index >= 15 is 0 Å². The first-order chi connectivity index (χ1) is 12.9. The fraction of sp³-hybridized carbons (Fsp3) is 0.316. The van der Waals surface area contributed by atoms with Crippen LogP contribution in [0, 0.1) is 5.92 Å².